The van der Waals surface area contributed by atoms with Crippen LogP contribution in [0.25, 0.3) is 0 Å². The maximum atomic E-state index is 8.05. The van der Waals surface area contributed by atoms with Gasteiger partial charge in [-0.3, -0.25) is 5.41 Å². The number of nitrogens with one attached hydrogen (secondary N) is 1. The molecule has 1 atom stereocenters. The first kappa shape index (κ1) is 12.5. The van der Waals surface area contributed by atoms with Crippen LogP contribution in [-0.2, 0) is 4.74 Å². The van der Waals surface area contributed by atoms with Crippen LogP contribution in [0, 0.1) is 11.3 Å². The summed E-state index contributed by atoms with van der Waals surface area (Å²) in [5.41, 5.74) is 0. The average molecular weight is 212 g/mol. The van der Waals surface area contributed by atoms with Gasteiger partial charge >= 0.3 is 0 Å². The van der Waals surface area contributed by atoms with Gasteiger partial charge in [-0.1, -0.05) is 6.92 Å². The zero-order chi connectivity index (χ0) is 11.3. The Kier molecular flexibility index (Phi) is 5.09. The Hall–Kier alpha value is -0.570. The van der Waals surface area contributed by atoms with Crippen molar-refractivity contribution < 1.29 is 4.74 Å². The molecule has 1 N–H and O–H groups in total. The molecular formula is C12H24N2O. The molecule has 0 bridgehead atoms. The molecule has 88 valence electrons. The SMILES string of the molecule is CCCC(=N)N(CCOC)C(C)C1CC1. The quantitative estimate of drug-likeness (QED) is 0.520. The van der Waals surface area contributed by atoms with E-state index < -0.39 is 0 Å². The maximum Gasteiger partial charge on any atom is 0.0960 e. The van der Waals surface area contributed by atoms with E-state index in [1.54, 1.807) is 7.11 Å². The van der Waals surface area contributed by atoms with Crippen molar-refractivity contribution in [3.05, 3.63) is 0 Å². The summed E-state index contributed by atoms with van der Waals surface area (Å²) in [5, 5.41) is 8.05. The van der Waals surface area contributed by atoms with E-state index in [1.165, 1.54) is 12.8 Å². The second-order valence-corrected chi connectivity index (χ2v) is 4.46. The lowest BCUT2D eigenvalue weighted by Crippen LogP contribution is -2.41. The van der Waals surface area contributed by atoms with Gasteiger partial charge < -0.3 is 9.64 Å². The minimum atomic E-state index is 0.527. The number of ether oxygens (including phenoxy) is 1. The fourth-order valence-corrected chi connectivity index (χ4v) is 1.99. The van der Waals surface area contributed by atoms with Crippen molar-refractivity contribution >= 4 is 5.84 Å². The molecule has 3 heteroatoms. The molecule has 0 aromatic heterocycles. The molecule has 1 aliphatic rings. The number of amidine groups is 1. The summed E-state index contributed by atoms with van der Waals surface area (Å²) in [4.78, 5) is 2.23. The van der Waals surface area contributed by atoms with Crippen molar-refractivity contribution in [3.63, 3.8) is 0 Å². The van der Waals surface area contributed by atoms with E-state index in [9.17, 15) is 0 Å². The summed E-state index contributed by atoms with van der Waals surface area (Å²) in [6.45, 7) is 5.97. The highest BCUT2D eigenvalue weighted by Gasteiger charge is 2.32. The van der Waals surface area contributed by atoms with Gasteiger partial charge in [-0.25, -0.2) is 0 Å². The van der Waals surface area contributed by atoms with Crippen molar-refractivity contribution in [2.24, 2.45) is 5.92 Å². The Bertz CT molecular complexity index is 202. The molecule has 0 aliphatic heterocycles. The molecule has 0 saturated heterocycles. The average Bonchev–Trinajstić information content (AvgIpc) is 3.01. The molecule has 0 amide bonds. The predicted octanol–water partition coefficient (Wildman–Crippen LogP) is 2.51. The Morgan fingerprint density at radius 1 is 1.53 bits per heavy atom. The van der Waals surface area contributed by atoms with Crippen LogP contribution in [0.15, 0.2) is 0 Å². The number of methoxy groups -OCH3 is 1. The molecule has 0 aromatic rings. The second-order valence-electron chi connectivity index (χ2n) is 4.46. The van der Waals surface area contributed by atoms with Gasteiger partial charge in [0.1, 0.15) is 0 Å². The van der Waals surface area contributed by atoms with E-state index in [2.05, 4.69) is 18.7 Å². The van der Waals surface area contributed by atoms with Crippen LogP contribution in [0.2, 0.25) is 0 Å². The third-order valence-corrected chi connectivity index (χ3v) is 3.17. The van der Waals surface area contributed by atoms with E-state index in [-0.39, 0.29) is 0 Å². The largest absolute Gasteiger partial charge is 0.383 e. The van der Waals surface area contributed by atoms with Gasteiger partial charge in [-0.2, -0.15) is 0 Å². The standard InChI is InChI=1S/C12H24N2O/c1-4-5-12(13)14(8-9-15-3)10(2)11-6-7-11/h10-11,13H,4-9H2,1-3H3. The summed E-state index contributed by atoms with van der Waals surface area (Å²) >= 11 is 0. The minimum Gasteiger partial charge on any atom is -0.383 e. The number of rotatable bonds is 7. The first-order valence-corrected chi connectivity index (χ1v) is 6.03. The Balaban J connectivity index is 2.46. The zero-order valence-electron chi connectivity index (χ0n) is 10.3. The van der Waals surface area contributed by atoms with Crippen LogP contribution in [0.5, 0.6) is 0 Å². The summed E-state index contributed by atoms with van der Waals surface area (Å²) in [6.07, 6.45) is 4.62. The van der Waals surface area contributed by atoms with E-state index in [0.717, 1.165) is 37.7 Å². The molecule has 0 aromatic carbocycles. The summed E-state index contributed by atoms with van der Waals surface area (Å²) in [6, 6.07) is 0.527. The van der Waals surface area contributed by atoms with Gasteiger partial charge in [-0.05, 0) is 32.1 Å². The first-order chi connectivity index (χ1) is 7.20. The molecule has 1 saturated carbocycles. The topological polar surface area (TPSA) is 36.3 Å². The van der Waals surface area contributed by atoms with Crippen molar-refractivity contribution in [1.29, 1.82) is 5.41 Å². The predicted molar refractivity (Wildman–Crippen MR) is 63.4 cm³/mol. The van der Waals surface area contributed by atoms with Crippen LogP contribution < -0.4 is 0 Å². The van der Waals surface area contributed by atoms with Crippen LogP contribution in [-0.4, -0.2) is 37.0 Å². The Labute approximate surface area is 93.3 Å². The monoisotopic (exact) mass is 212 g/mol. The van der Waals surface area contributed by atoms with E-state index in [0.29, 0.717) is 6.04 Å². The fraction of sp³-hybridized carbons (Fsp3) is 0.917. The highest BCUT2D eigenvalue weighted by molar-refractivity contribution is 5.79. The Morgan fingerprint density at radius 3 is 2.67 bits per heavy atom. The van der Waals surface area contributed by atoms with E-state index in [1.807, 2.05) is 0 Å². The summed E-state index contributed by atoms with van der Waals surface area (Å²) in [7, 11) is 1.73. The molecule has 1 unspecified atom stereocenters. The van der Waals surface area contributed by atoms with Gasteiger partial charge in [0.2, 0.25) is 0 Å². The normalized spacial score (nSPS) is 17.5. The fourth-order valence-electron chi connectivity index (χ4n) is 1.99. The lowest BCUT2D eigenvalue weighted by molar-refractivity contribution is 0.158. The van der Waals surface area contributed by atoms with Crippen molar-refractivity contribution in [1.82, 2.24) is 4.90 Å². The molecule has 15 heavy (non-hydrogen) atoms. The molecule has 0 heterocycles. The highest BCUT2D eigenvalue weighted by Crippen LogP contribution is 2.35. The smallest absolute Gasteiger partial charge is 0.0960 e. The van der Waals surface area contributed by atoms with Crippen LogP contribution in [0.3, 0.4) is 0 Å². The maximum absolute atomic E-state index is 8.05. The third-order valence-electron chi connectivity index (χ3n) is 3.17. The lowest BCUT2D eigenvalue weighted by Gasteiger charge is -2.31. The van der Waals surface area contributed by atoms with Gasteiger partial charge in [0.15, 0.2) is 0 Å². The van der Waals surface area contributed by atoms with Gasteiger partial charge in [0, 0.05) is 26.1 Å². The molecule has 3 nitrogen and oxygen atoms in total. The number of nitrogens with zero attached hydrogens (tertiary/aromatic N) is 1. The third kappa shape index (κ3) is 3.82. The van der Waals surface area contributed by atoms with Crippen LogP contribution in [0.4, 0.5) is 0 Å². The Morgan fingerprint density at radius 2 is 2.20 bits per heavy atom. The second kappa shape index (κ2) is 6.11. The number of hydrogen-bond donors (Lipinski definition) is 1. The number of hydrogen-bond acceptors (Lipinski definition) is 2. The lowest BCUT2D eigenvalue weighted by atomic mass is 10.1. The van der Waals surface area contributed by atoms with Gasteiger partial charge in [0.25, 0.3) is 0 Å². The summed E-state index contributed by atoms with van der Waals surface area (Å²) in [5.74, 6) is 1.60. The minimum absolute atomic E-state index is 0.527. The van der Waals surface area contributed by atoms with E-state index >= 15 is 0 Å². The molecule has 1 aliphatic carbocycles. The highest BCUT2D eigenvalue weighted by atomic mass is 16.5. The van der Waals surface area contributed by atoms with Gasteiger partial charge in [-0.15, -0.1) is 0 Å². The molecular weight excluding hydrogens is 188 g/mol. The van der Waals surface area contributed by atoms with Crippen molar-refractivity contribution in [2.45, 2.75) is 45.6 Å². The molecule has 1 fully saturated rings. The molecule has 0 radical (unpaired) electrons. The molecule has 0 spiro atoms. The van der Waals surface area contributed by atoms with E-state index in [4.69, 9.17) is 10.1 Å². The van der Waals surface area contributed by atoms with Crippen molar-refractivity contribution in [2.75, 3.05) is 20.3 Å². The zero-order valence-corrected chi connectivity index (χ0v) is 10.3. The van der Waals surface area contributed by atoms with Crippen LogP contribution in [0.1, 0.15) is 39.5 Å². The first-order valence-electron chi connectivity index (χ1n) is 6.03. The van der Waals surface area contributed by atoms with Crippen LogP contribution >= 0.6 is 0 Å². The summed E-state index contributed by atoms with van der Waals surface area (Å²) < 4.78 is 5.11. The molecule has 1 rings (SSSR count). The van der Waals surface area contributed by atoms with Crippen molar-refractivity contribution in [3.8, 4) is 0 Å². The van der Waals surface area contributed by atoms with Gasteiger partial charge in [0.05, 0.1) is 12.4 Å².